The number of rotatable bonds is 6. The van der Waals surface area contributed by atoms with E-state index in [0.29, 0.717) is 22.9 Å². The summed E-state index contributed by atoms with van der Waals surface area (Å²) in [6, 6.07) is 13.0. The molecule has 3 rings (SSSR count). The third-order valence-corrected chi connectivity index (χ3v) is 4.26. The van der Waals surface area contributed by atoms with Gasteiger partial charge in [-0.05, 0) is 49.2 Å². The molecule has 0 aliphatic carbocycles. The monoisotopic (exact) mass is 369 g/mol. The Balaban J connectivity index is 1.67. The highest BCUT2D eigenvalue weighted by Gasteiger charge is 2.11. The van der Waals surface area contributed by atoms with Crippen LogP contribution in [0.1, 0.15) is 21.6 Å². The quantitative estimate of drug-likeness (QED) is 0.718. The summed E-state index contributed by atoms with van der Waals surface area (Å²) in [6.07, 6.45) is 4.34. The molecule has 5 nitrogen and oxygen atoms in total. The maximum atomic E-state index is 12.4. The Morgan fingerprint density at radius 2 is 2.12 bits per heavy atom. The lowest BCUT2D eigenvalue weighted by Crippen LogP contribution is -2.25. The number of carbonyl (C=O) groups is 1. The molecule has 1 amide bonds. The molecule has 0 saturated carbocycles. The average molecular weight is 370 g/mol. The second-order valence-corrected chi connectivity index (χ2v) is 6.38. The van der Waals surface area contributed by atoms with Gasteiger partial charge in [0, 0.05) is 23.3 Å². The van der Waals surface area contributed by atoms with Crippen molar-refractivity contribution in [2.45, 2.75) is 13.3 Å². The van der Waals surface area contributed by atoms with Crippen molar-refractivity contribution in [1.82, 2.24) is 14.9 Å². The summed E-state index contributed by atoms with van der Waals surface area (Å²) in [4.78, 5) is 16.6. The zero-order valence-corrected chi connectivity index (χ0v) is 15.5. The minimum absolute atomic E-state index is 0.140. The van der Waals surface area contributed by atoms with Crippen LogP contribution in [0.15, 0.2) is 55.0 Å². The molecule has 1 aromatic heterocycles. The van der Waals surface area contributed by atoms with Gasteiger partial charge < -0.3 is 14.6 Å². The number of halogens is 1. The van der Waals surface area contributed by atoms with Crippen LogP contribution in [0.5, 0.6) is 5.75 Å². The first-order chi connectivity index (χ1) is 12.6. The summed E-state index contributed by atoms with van der Waals surface area (Å²) < 4.78 is 7.31. The predicted octanol–water partition coefficient (Wildman–Crippen LogP) is 3.82. The summed E-state index contributed by atoms with van der Waals surface area (Å²) in [5, 5.41) is 3.62. The van der Waals surface area contributed by atoms with Gasteiger partial charge in [-0.15, -0.1) is 0 Å². The van der Waals surface area contributed by atoms with Gasteiger partial charge in [0.25, 0.3) is 5.91 Å². The van der Waals surface area contributed by atoms with E-state index in [1.165, 1.54) is 0 Å². The number of aromatic nitrogens is 2. The Morgan fingerprint density at radius 3 is 2.81 bits per heavy atom. The fourth-order valence-corrected chi connectivity index (χ4v) is 2.91. The van der Waals surface area contributed by atoms with E-state index in [0.717, 1.165) is 23.4 Å². The molecule has 1 heterocycles. The van der Waals surface area contributed by atoms with Crippen LogP contribution in [0.3, 0.4) is 0 Å². The van der Waals surface area contributed by atoms with Crippen molar-refractivity contribution in [3.8, 4) is 11.4 Å². The molecule has 134 valence electrons. The van der Waals surface area contributed by atoms with Gasteiger partial charge in [0.1, 0.15) is 5.75 Å². The summed E-state index contributed by atoms with van der Waals surface area (Å²) in [5.74, 6) is 0.476. The summed E-state index contributed by atoms with van der Waals surface area (Å²) in [6.45, 7) is 2.45. The molecular formula is C20H20ClN3O2. The molecule has 6 heteroatoms. The Morgan fingerprint density at radius 1 is 1.27 bits per heavy atom. The Hall–Kier alpha value is -2.79. The summed E-state index contributed by atoms with van der Waals surface area (Å²) in [5.41, 5.74) is 3.38. The summed E-state index contributed by atoms with van der Waals surface area (Å²) >= 11 is 5.97. The second kappa shape index (κ2) is 8.06. The third-order valence-electron chi connectivity index (χ3n) is 4.02. The van der Waals surface area contributed by atoms with Gasteiger partial charge in [0.05, 0.1) is 24.8 Å². The maximum absolute atomic E-state index is 12.4. The molecule has 0 fully saturated rings. The van der Waals surface area contributed by atoms with Crippen LogP contribution in [0.4, 0.5) is 0 Å². The Labute approximate surface area is 157 Å². The van der Waals surface area contributed by atoms with Crippen molar-refractivity contribution in [3.05, 3.63) is 76.8 Å². The van der Waals surface area contributed by atoms with Gasteiger partial charge in [-0.3, -0.25) is 4.79 Å². The van der Waals surface area contributed by atoms with Crippen molar-refractivity contribution in [2.75, 3.05) is 13.7 Å². The normalized spacial score (nSPS) is 10.6. The van der Waals surface area contributed by atoms with E-state index in [9.17, 15) is 4.79 Å². The van der Waals surface area contributed by atoms with Crippen LogP contribution >= 0.6 is 11.6 Å². The molecule has 0 aliphatic heterocycles. The van der Waals surface area contributed by atoms with Crippen LogP contribution in [-0.4, -0.2) is 29.1 Å². The Bertz CT molecular complexity index is 921. The lowest BCUT2D eigenvalue weighted by atomic mass is 10.1. The fourth-order valence-electron chi connectivity index (χ4n) is 2.70. The van der Waals surface area contributed by atoms with E-state index < -0.39 is 0 Å². The van der Waals surface area contributed by atoms with Crippen molar-refractivity contribution in [3.63, 3.8) is 0 Å². The van der Waals surface area contributed by atoms with Gasteiger partial charge >= 0.3 is 0 Å². The van der Waals surface area contributed by atoms with Crippen LogP contribution in [0.25, 0.3) is 5.69 Å². The number of hydrogen-bond acceptors (Lipinski definition) is 3. The average Bonchev–Trinajstić information content (AvgIpc) is 3.07. The van der Waals surface area contributed by atoms with Gasteiger partial charge in [-0.25, -0.2) is 4.98 Å². The van der Waals surface area contributed by atoms with Crippen LogP contribution < -0.4 is 10.1 Å². The molecule has 1 N–H and O–H groups in total. The van der Waals surface area contributed by atoms with E-state index in [1.54, 1.807) is 25.6 Å². The number of aryl methyl sites for hydroxylation is 1. The molecule has 0 bridgehead atoms. The number of nitrogens with zero attached hydrogens (tertiary/aromatic N) is 2. The second-order valence-electron chi connectivity index (χ2n) is 5.94. The molecule has 2 aromatic carbocycles. The topological polar surface area (TPSA) is 56.1 Å². The predicted molar refractivity (Wildman–Crippen MR) is 102 cm³/mol. The first kappa shape index (κ1) is 18.0. The number of methoxy groups -OCH3 is 1. The molecule has 3 aromatic rings. The molecule has 0 spiro atoms. The highest BCUT2D eigenvalue weighted by atomic mass is 35.5. The number of imidazole rings is 1. The Kier molecular flexibility index (Phi) is 5.58. The zero-order chi connectivity index (χ0) is 18.5. The van der Waals surface area contributed by atoms with E-state index in [-0.39, 0.29) is 5.91 Å². The first-order valence-electron chi connectivity index (χ1n) is 8.28. The van der Waals surface area contributed by atoms with Gasteiger partial charge in [0.15, 0.2) is 0 Å². The smallest absolute Gasteiger partial charge is 0.251 e. The largest absolute Gasteiger partial charge is 0.495 e. The van der Waals surface area contributed by atoms with Crippen LogP contribution in [0.2, 0.25) is 5.02 Å². The van der Waals surface area contributed by atoms with E-state index in [4.69, 9.17) is 16.3 Å². The minimum atomic E-state index is -0.140. The molecule has 0 unspecified atom stereocenters. The highest BCUT2D eigenvalue weighted by molar-refractivity contribution is 6.30. The van der Waals surface area contributed by atoms with Crippen molar-refractivity contribution >= 4 is 17.5 Å². The number of carbonyl (C=O) groups excluding carboxylic acids is 1. The van der Waals surface area contributed by atoms with E-state index >= 15 is 0 Å². The van der Waals surface area contributed by atoms with Gasteiger partial charge in [-0.1, -0.05) is 23.7 Å². The molecule has 0 radical (unpaired) electrons. The highest BCUT2D eigenvalue weighted by Crippen LogP contribution is 2.24. The standard InChI is InChI=1S/C20H20ClN3O2/c1-14-12-24(13-23-14)18-7-6-16(11-19(18)26-2)20(25)22-9-8-15-4-3-5-17(21)10-15/h3-7,10-13H,8-9H2,1-2H3,(H,22,25). The van der Waals surface area contributed by atoms with Crippen LogP contribution in [-0.2, 0) is 6.42 Å². The molecule has 0 atom stereocenters. The fraction of sp³-hybridized carbons (Fsp3) is 0.200. The SMILES string of the molecule is COc1cc(C(=O)NCCc2cccc(Cl)c2)ccc1-n1cnc(C)c1. The molecular weight excluding hydrogens is 350 g/mol. The lowest BCUT2D eigenvalue weighted by Gasteiger charge is -2.11. The number of ether oxygens (including phenoxy) is 1. The summed E-state index contributed by atoms with van der Waals surface area (Å²) in [7, 11) is 1.59. The molecule has 0 aliphatic rings. The maximum Gasteiger partial charge on any atom is 0.251 e. The number of benzene rings is 2. The minimum Gasteiger partial charge on any atom is -0.495 e. The van der Waals surface area contributed by atoms with Gasteiger partial charge in [-0.2, -0.15) is 0 Å². The third kappa shape index (κ3) is 4.24. The molecule has 26 heavy (non-hydrogen) atoms. The van der Waals surface area contributed by atoms with Crippen LogP contribution in [0, 0.1) is 6.92 Å². The van der Waals surface area contributed by atoms with Crippen molar-refractivity contribution in [2.24, 2.45) is 0 Å². The number of hydrogen-bond donors (Lipinski definition) is 1. The number of amides is 1. The lowest BCUT2D eigenvalue weighted by molar-refractivity contribution is 0.0954. The van der Waals surface area contributed by atoms with Gasteiger partial charge in [0.2, 0.25) is 0 Å². The molecule has 0 saturated heterocycles. The number of nitrogens with one attached hydrogen (secondary N) is 1. The first-order valence-corrected chi connectivity index (χ1v) is 8.66. The zero-order valence-electron chi connectivity index (χ0n) is 14.7. The van der Waals surface area contributed by atoms with Crippen molar-refractivity contribution < 1.29 is 9.53 Å². The van der Waals surface area contributed by atoms with Crippen molar-refractivity contribution in [1.29, 1.82) is 0 Å². The van der Waals surface area contributed by atoms with E-state index in [2.05, 4.69) is 10.3 Å². The van der Waals surface area contributed by atoms with E-state index in [1.807, 2.05) is 48.0 Å².